The van der Waals surface area contributed by atoms with Crippen LogP contribution in [0.25, 0.3) is 0 Å². The normalized spacial score (nSPS) is 15.6. The van der Waals surface area contributed by atoms with Crippen molar-refractivity contribution in [2.24, 2.45) is 5.73 Å². The van der Waals surface area contributed by atoms with E-state index in [0.717, 1.165) is 18.9 Å². The van der Waals surface area contributed by atoms with Crippen LogP contribution < -0.4 is 10.5 Å². The molecule has 2 rings (SSSR count). The molecule has 0 spiro atoms. The highest BCUT2D eigenvalue weighted by molar-refractivity contribution is 6.35. The molecule has 1 heterocycles. The van der Waals surface area contributed by atoms with Crippen LogP contribution in [0.1, 0.15) is 19.3 Å². The number of benzene rings is 1. The van der Waals surface area contributed by atoms with E-state index in [9.17, 15) is 0 Å². The van der Waals surface area contributed by atoms with E-state index in [1.807, 2.05) is 0 Å². The number of nitrogens with zero attached hydrogens (tertiary/aromatic N) is 1. The Bertz CT molecular complexity index is 452. The lowest BCUT2D eigenvalue weighted by Gasteiger charge is -2.15. The van der Waals surface area contributed by atoms with Gasteiger partial charge in [0.2, 0.25) is 0 Å². The molecular formula is C13H17Cl2N2O+. The van der Waals surface area contributed by atoms with Gasteiger partial charge in [0.05, 0.1) is 18.1 Å². The molecule has 0 amide bonds. The van der Waals surface area contributed by atoms with Gasteiger partial charge in [-0.3, -0.25) is 10.3 Å². The fraction of sp³-hybridized carbons (Fsp3) is 0.462. The Kier molecular flexibility index (Phi) is 4.72. The second kappa shape index (κ2) is 6.30. The number of hydrogen-bond donors (Lipinski definition) is 1. The molecule has 1 aromatic rings. The number of piperidine rings is 1. The van der Waals surface area contributed by atoms with Gasteiger partial charge in [-0.1, -0.05) is 23.2 Å². The number of hydrogen-bond acceptors (Lipinski definition) is 1. The number of amidine groups is 1. The third-order valence-corrected chi connectivity index (χ3v) is 3.56. The SMILES string of the molecule is NC(COc1ccc(Cl)cc1Cl)=[N+]1CCCCC1. The number of halogens is 2. The Labute approximate surface area is 117 Å². The second-order valence-electron chi connectivity index (χ2n) is 4.40. The van der Waals surface area contributed by atoms with Gasteiger partial charge in [-0.2, -0.15) is 0 Å². The molecule has 1 fully saturated rings. The summed E-state index contributed by atoms with van der Waals surface area (Å²) in [4.78, 5) is 0. The maximum Gasteiger partial charge on any atom is 0.281 e. The summed E-state index contributed by atoms with van der Waals surface area (Å²) in [7, 11) is 0. The lowest BCUT2D eigenvalue weighted by Crippen LogP contribution is -2.36. The molecule has 3 nitrogen and oxygen atoms in total. The molecule has 0 unspecified atom stereocenters. The summed E-state index contributed by atoms with van der Waals surface area (Å²) in [6.45, 7) is 2.40. The highest BCUT2D eigenvalue weighted by Gasteiger charge is 2.14. The largest absolute Gasteiger partial charge is 0.479 e. The van der Waals surface area contributed by atoms with Crippen LogP contribution >= 0.6 is 23.2 Å². The van der Waals surface area contributed by atoms with E-state index in [0.29, 0.717) is 22.4 Å². The van der Waals surface area contributed by atoms with E-state index in [2.05, 4.69) is 4.58 Å². The van der Waals surface area contributed by atoms with Gasteiger partial charge in [0.25, 0.3) is 5.84 Å². The average molecular weight is 288 g/mol. The van der Waals surface area contributed by atoms with Crippen LogP contribution in [0.15, 0.2) is 18.2 Å². The molecule has 1 aliphatic rings. The summed E-state index contributed by atoms with van der Waals surface area (Å²) in [6, 6.07) is 5.17. The van der Waals surface area contributed by atoms with E-state index in [1.54, 1.807) is 18.2 Å². The van der Waals surface area contributed by atoms with Crippen LogP contribution in [0.5, 0.6) is 5.75 Å². The molecule has 18 heavy (non-hydrogen) atoms. The van der Waals surface area contributed by atoms with Crippen LogP contribution in [0.4, 0.5) is 0 Å². The first-order valence-corrected chi connectivity index (χ1v) is 6.86. The molecule has 0 radical (unpaired) electrons. The molecule has 0 aromatic heterocycles. The first-order chi connectivity index (χ1) is 8.66. The molecule has 0 atom stereocenters. The molecule has 5 heteroatoms. The predicted molar refractivity (Wildman–Crippen MR) is 75.0 cm³/mol. The number of rotatable bonds is 3. The van der Waals surface area contributed by atoms with E-state index in [1.165, 1.54) is 19.3 Å². The van der Waals surface area contributed by atoms with Crippen LogP contribution in [0, 0.1) is 0 Å². The number of nitrogens with two attached hydrogens (primary N) is 1. The first kappa shape index (κ1) is 13.5. The van der Waals surface area contributed by atoms with Crippen molar-refractivity contribution >= 4 is 29.0 Å². The van der Waals surface area contributed by atoms with Crippen molar-refractivity contribution in [3.63, 3.8) is 0 Å². The van der Waals surface area contributed by atoms with Crippen LogP contribution in [0.2, 0.25) is 10.0 Å². The van der Waals surface area contributed by atoms with Gasteiger partial charge in [-0.15, -0.1) is 0 Å². The van der Waals surface area contributed by atoms with Crippen LogP contribution in [-0.4, -0.2) is 30.1 Å². The summed E-state index contributed by atoms with van der Waals surface area (Å²) in [6.07, 6.45) is 3.68. The van der Waals surface area contributed by atoms with Crippen molar-refractivity contribution in [1.82, 2.24) is 0 Å². The summed E-state index contributed by atoms with van der Waals surface area (Å²) in [5, 5.41) is 1.11. The van der Waals surface area contributed by atoms with Gasteiger partial charge in [-0.25, -0.2) is 0 Å². The zero-order chi connectivity index (χ0) is 13.0. The standard InChI is InChI=1S/C13H16Cl2N2O/c14-10-4-5-12(11(15)8-10)18-9-13(16)17-6-2-1-3-7-17/h4-5,8,16H,1-3,6-7,9H2/p+1. The minimum atomic E-state index is 0.362. The Hall–Kier alpha value is -0.930. The summed E-state index contributed by atoms with van der Waals surface area (Å²) < 4.78 is 7.79. The zero-order valence-electron chi connectivity index (χ0n) is 10.2. The molecular weight excluding hydrogens is 271 g/mol. The number of ether oxygens (including phenoxy) is 1. The van der Waals surface area contributed by atoms with Gasteiger partial charge in [0.15, 0.2) is 6.61 Å². The lowest BCUT2D eigenvalue weighted by atomic mass is 10.1. The zero-order valence-corrected chi connectivity index (χ0v) is 11.7. The molecule has 98 valence electrons. The molecule has 0 bridgehead atoms. The Balaban J connectivity index is 1.98. The van der Waals surface area contributed by atoms with Crippen molar-refractivity contribution in [3.05, 3.63) is 28.2 Å². The van der Waals surface area contributed by atoms with Crippen molar-refractivity contribution in [2.75, 3.05) is 19.7 Å². The predicted octanol–water partition coefficient (Wildman–Crippen LogP) is 2.93. The quantitative estimate of drug-likeness (QED) is 0.686. The molecule has 1 aliphatic heterocycles. The lowest BCUT2D eigenvalue weighted by molar-refractivity contribution is -0.539. The van der Waals surface area contributed by atoms with Gasteiger partial charge in [0, 0.05) is 5.02 Å². The Morgan fingerprint density at radius 3 is 2.61 bits per heavy atom. The second-order valence-corrected chi connectivity index (χ2v) is 5.25. The Morgan fingerprint density at radius 2 is 1.94 bits per heavy atom. The van der Waals surface area contributed by atoms with Gasteiger partial charge >= 0.3 is 0 Å². The van der Waals surface area contributed by atoms with E-state index < -0.39 is 0 Å². The van der Waals surface area contributed by atoms with E-state index in [-0.39, 0.29) is 0 Å². The summed E-state index contributed by atoms with van der Waals surface area (Å²) >= 11 is 11.8. The van der Waals surface area contributed by atoms with Crippen molar-refractivity contribution < 1.29 is 9.31 Å². The van der Waals surface area contributed by atoms with Crippen LogP contribution in [0.3, 0.4) is 0 Å². The molecule has 1 aromatic carbocycles. The van der Waals surface area contributed by atoms with Crippen molar-refractivity contribution in [2.45, 2.75) is 19.3 Å². The minimum absolute atomic E-state index is 0.362. The monoisotopic (exact) mass is 287 g/mol. The van der Waals surface area contributed by atoms with Crippen molar-refractivity contribution in [3.8, 4) is 5.75 Å². The van der Waals surface area contributed by atoms with Crippen molar-refractivity contribution in [1.29, 1.82) is 0 Å². The maximum absolute atomic E-state index is 6.03. The van der Waals surface area contributed by atoms with Gasteiger partial charge < -0.3 is 4.74 Å². The molecule has 1 saturated heterocycles. The summed E-state index contributed by atoms with van der Waals surface area (Å²) in [5.41, 5.74) is 6.02. The molecule has 2 N–H and O–H groups in total. The summed E-state index contributed by atoms with van der Waals surface area (Å²) in [5.74, 6) is 1.38. The fourth-order valence-electron chi connectivity index (χ4n) is 2.02. The topological polar surface area (TPSA) is 38.3 Å². The third kappa shape index (κ3) is 3.53. The smallest absolute Gasteiger partial charge is 0.281 e. The first-order valence-electron chi connectivity index (χ1n) is 6.11. The van der Waals surface area contributed by atoms with E-state index >= 15 is 0 Å². The fourth-order valence-corrected chi connectivity index (χ4v) is 2.48. The Morgan fingerprint density at radius 1 is 1.22 bits per heavy atom. The molecule has 0 saturated carbocycles. The average Bonchev–Trinajstić information content (AvgIpc) is 2.38. The van der Waals surface area contributed by atoms with Crippen LogP contribution in [-0.2, 0) is 0 Å². The van der Waals surface area contributed by atoms with Gasteiger partial charge in [0.1, 0.15) is 5.75 Å². The van der Waals surface area contributed by atoms with E-state index in [4.69, 9.17) is 33.7 Å². The highest BCUT2D eigenvalue weighted by Crippen LogP contribution is 2.27. The minimum Gasteiger partial charge on any atom is -0.479 e. The van der Waals surface area contributed by atoms with Gasteiger partial charge in [-0.05, 0) is 37.5 Å². The molecule has 0 aliphatic carbocycles. The third-order valence-electron chi connectivity index (χ3n) is 3.03. The maximum atomic E-state index is 6.03. The highest BCUT2D eigenvalue weighted by atomic mass is 35.5.